The summed E-state index contributed by atoms with van der Waals surface area (Å²) >= 11 is 0. The van der Waals surface area contributed by atoms with E-state index < -0.39 is 6.61 Å². The normalized spacial score (nSPS) is 11.0. The second kappa shape index (κ2) is 8.81. The molecule has 0 unspecified atom stereocenters. The van der Waals surface area contributed by atoms with Crippen molar-refractivity contribution in [1.82, 2.24) is 4.98 Å². The number of alkyl halides is 2. The topological polar surface area (TPSA) is 73.6 Å². The van der Waals surface area contributed by atoms with E-state index in [1.807, 2.05) is 0 Å². The molecule has 0 atom stereocenters. The molecular weight excluding hydrogens is 370 g/mol. The Labute approximate surface area is 159 Å². The maximum absolute atomic E-state index is 12.4. The highest BCUT2D eigenvalue weighted by Crippen LogP contribution is 2.30. The molecule has 0 aliphatic carbocycles. The van der Waals surface area contributed by atoms with Gasteiger partial charge in [-0.1, -0.05) is 6.07 Å². The Morgan fingerprint density at radius 1 is 1.18 bits per heavy atom. The minimum absolute atomic E-state index is 0.0778. The van der Waals surface area contributed by atoms with Crippen LogP contribution in [-0.4, -0.2) is 24.6 Å². The third-order valence-electron chi connectivity index (χ3n) is 3.70. The van der Waals surface area contributed by atoms with E-state index in [1.54, 1.807) is 30.5 Å². The van der Waals surface area contributed by atoms with Crippen LogP contribution in [0.5, 0.6) is 11.5 Å². The number of carbonyl (C=O) groups is 1. The average molecular weight is 386 g/mol. The van der Waals surface area contributed by atoms with E-state index in [-0.39, 0.29) is 17.4 Å². The first-order valence-corrected chi connectivity index (χ1v) is 8.16. The molecule has 3 aromatic rings. The van der Waals surface area contributed by atoms with Crippen molar-refractivity contribution in [1.29, 1.82) is 0 Å². The lowest BCUT2D eigenvalue weighted by atomic mass is 10.1. The fraction of sp³-hybridized carbons (Fsp3) is 0.100. The number of amides is 1. The van der Waals surface area contributed by atoms with Gasteiger partial charge in [0.15, 0.2) is 23.7 Å². The van der Waals surface area contributed by atoms with Gasteiger partial charge >= 0.3 is 6.61 Å². The summed E-state index contributed by atoms with van der Waals surface area (Å²) in [6, 6.07) is 11.5. The number of hydrogen-bond acceptors (Lipinski definition) is 5. The van der Waals surface area contributed by atoms with Gasteiger partial charge in [-0.15, -0.1) is 0 Å². The first-order chi connectivity index (χ1) is 13.5. The molecule has 3 rings (SSSR count). The Hall–Kier alpha value is -3.68. The van der Waals surface area contributed by atoms with Crippen molar-refractivity contribution in [3.8, 4) is 22.8 Å². The molecule has 0 bridgehead atoms. The fourth-order valence-corrected chi connectivity index (χ4v) is 2.41. The number of nitrogens with zero attached hydrogens (tertiary/aromatic N) is 1. The largest absolute Gasteiger partial charge is 0.493 e. The van der Waals surface area contributed by atoms with Crippen molar-refractivity contribution in [2.75, 3.05) is 12.4 Å². The molecule has 0 saturated carbocycles. The van der Waals surface area contributed by atoms with Crippen LogP contribution in [0.3, 0.4) is 0 Å². The lowest BCUT2D eigenvalue weighted by Gasteiger charge is -2.10. The molecule has 1 heterocycles. The van der Waals surface area contributed by atoms with Gasteiger partial charge in [0.25, 0.3) is 0 Å². The third kappa shape index (κ3) is 4.94. The molecule has 1 aromatic heterocycles. The zero-order valence-electron chi connectivity index (χ0n) is 14.8. The van der Waals surface area contributed by atoms with Gasteiger partial charge in [-0.2, -0.15) is 8.78 Å². The molecule has 0 aliphatic heterocycles. The van der Waals surface area contributed by atoms with Crippen LogP contribution in [0.1, 0.15) is 5.56 Å². The fourth-order valence-electron chi connectivity index (χ4n) is 2.41. The van der Waals surface area contributed by atoms with E-state index in [1.165, 1.54) is 43.9 Å². The molecule has 28 heavy (non-hydrogen) atoms. The highest BCUT2D eigenvalue weighted by molar-refractivity contribution is 6.02. The van der Waals surface area contributed by atoms with Gasteiger partial charge < -0.3 is 19.2 Å². The summed E-state index contributed by atoms with van der Waals surface area (Å²) < 4.78 is 39.3. The highest BCUT2D eigenvalue weighted by atomic mass is 19.3. The second-order valence-corrected chi connectivity index (χ2v) is 5.55. The minimum Gasteiger partial charge on any atom is -0.493 e. The number of halogens is 2. The number of nitrogens with one attached hydrogen (secondary N) is 1. The SMILES string of the molecule is COc1cc(C=CC(=O)Nc2ccc(-c3cnco3)cc2)ccc1OC(F)F. The van der Waals surface area contributed by atoms with Crippen LogP contribution in [0.15, 0.2) is 65.5 Å². The summed E-state index contributed by atoms with van der Waals surface area (Å²) in [4.78, 5) is 15.9. The van der Waals surface area contributed by atoms with E-state index in [0.717, 1.165) is 5.56 Å². The number of hydrogen-bond donors (Lipinski definition) is 1. The molecule has 0 saturated heterocycles. The summed E-state index contributed by atoms with van der Waals surface area (Å²) in [7, 11) is 1.34. The molecule has 1 amide bonds. The highest BCUT2D eigenvalue weighted by Gasteiger charge is 2.10. The molecule has 2 aromatic carbocycles. The number of methoxy groups -OCH3 is 1. The summed E-state index contributed by atoms with van der Waals surface area (Å²) in [5.41, 5.74) is 2.04. The summed E-state index contributed by atoms with van der Waals surface area (Å²) in [5, 5.41) is 2.72. The molecule has 6 nitrogen and oxygen atoms in total. The van der Waals surface area contributed by atoms with E-state index in [4.69, 9.17) is 9.15 Å². The van der Waals surface area contributed by atoms with Crippen LogP contribution < -0.4 is 14.8 Å². The molecule has 144 valence electrons. The summed E-state index contributed by atoms with van der Waals surface area (Å²) in [6.45, 7) is -2.95. The number of aromatic nitrogens is 1. The third-order valence-corrected chi connectivity index (χ3v) is 3.70. The van der Waals surface area contributed by atoms with E-state index in [9.17, 15) is 13.6 Å². The van der Waals surface area contributed by atoms with Gasteiger partial charge in [-0.3, -0.25) is 4.79 Å². The maximum atomic E-state index is 12.4. The second-order valence-electron chi connectivity index (χ2n) is 5.55. The quantitative estimate of drug-likeness (QED) is 0.601. The van der Waals surface area contributed by atoms with E-state index >= 15 is 0 Å². The maximum Gasteiger partial charge on any atom is 0.387 e. The average Bonchev–Trinajstić information content (AvgIpc) is 3.22. The predicted molar refractivity (Wildman–Crippen MR) is 99.2 cm³/mol. The van der Waals surface area contributed by atoms with Crippen molar-refractivity contribution in [2.45, 2.75) is 6.61 Å². The van der Waals surface area contributed by atoms with Gasteiger partial charge in [0.05, 0.1) is 13.3 Å². The first-order valence-electron chi connectivity index (χ1n) is 8.16. The zero-order chi connectivity index (χ0) is 19.9. The van der Waals surface area contributed by atoms with Crippen molar-refractivity contribution < 1.29 is 27.5 Å². The number of oxazole rings is 1. The number of ether oxygens (including phenoxy) is 2. The van der Waals surface area contributed by atoms with Gasteiger partial charge in [0.2, 0.25) is 5.91 Å². The molecule has 0 aliphatic rings. The van der Waals surface area contributed by atoms with Crippen molar-refractivity contribution >= 4 is 17.7 Å². The van der Waals surface area contributed by atoms with Gasteiger partial charge in [-0.25, -0.2) is 4.98 Å². The lowest BCUT2D eigenvalue weighted by molar-refractivity contribution is -0.111. The van der Waals surface area contributed by atoms with Gasteiger partial charge in [0, 0.05) is 17.3 Å². The van der Waals surface area contributed by atoms with E-state index in [2.05, 4.69) is 15.0 Å². The number of anilines is 1. The van der Waals surface area contributed by atoms with Crippen LogP contribution in [0.25, 0.3) is 17.4 Å². The monoisotopic (exact) mass is 386 g/mol. The lowest BCUT2D eigenvalue weighted by Crippen LogP contribution is -2.07. The van der Waals surface area contributed by atoms with Gasteiger partial charge in [-0.05, 0) is 48.0 Å². The smallest absolute Gasteiger partial charge is 0.387 e. The molecule has 0 spiro atoms. The van der Waals surface area contributed by atoms with Crippen molar-refractivity contribution in [3.63, 3.8) is 0 Å². The van der Waals surface area contributed by atoms with Crippen LogP contribution >= 0.6 is 0 Å². The van der Waals surface area contributed by atoms with E-state index in [0.29, 0.717) is 17.0 Å². The standard InChI is InChI=1S/C20H16F2N2O4/c1-26-17-10-13(2-8-16(17)28-20(21)22)3-9-19(25)24-15-6-4-14(5-7-15)18-11-23-12-27-18/h2-12,20H,1H3,(H,24,25). The van der Waals surface area contributed by atoms with Gasteiger partial charge in [0.1, 0.15) is 0 Å². The molecular formula is C20H16F2N2O4. The Kier molecular flexibility index (Phi) is 6.01. The Morgan fingerprint density at radius 2 is 1.96 bits per heavy atom. The summed E-state index contributed by atoms with van der Waals surface area (Å²) in [5.74, 6) is 0.349. The number of benzene rings is 2. The molecule has 0 radical (unpaired) electrons. The van der Waals surface area contributed by atoms with Crippen LogP contribution in [0.2, 0.25) is 0 Å². The predicted octanol–water partition coefficient (Wildman–Crippen LogP) is 4.60. The van der Waals surface area contributed by atoms with Crippen molar-refractivity contribution in [2.24, 2.45) is 0 Å². The number of carbonyl (C=O) groups excluding carboxylic acids is 1. The minimum atomic E-state index is -2.95. The molecule has 1 N–H and O–H groups in total. The Bertz CT molecular complexity index is 955. The van der Waals surface area contributed by atoms with Crippen molar-refractivity contribution in [3.05, 3.63) is 66.7 Å². The summed E-state index contributed by atoms with van der Waals surface area (Å²) in [6.07, 6.45) is 5.80. The Balaban J connectivity index is 1.63. The Morgan fingerprint density at radius 3 is 2.61 bits per heavy atom. The molecule has 0 fully saturated rings. The van der Waals surface area contributed by atoms with Crippen LogP contribution in [0.4, 0.5) is 14.5 Å². The molecule has 8 heteroatoms. The first kappa shape index (κ1) is 19.1. The zero-order valence-corrected chi connectivity index (χ0v) is 14.8. The van der Waals surface area contributed by atoms with Crippen LogP contribution in [-0.2, 0) is 4.79 Å². The van der Waals surface area contributed by atoms with Crippen LogP contribution in [0, 0.1) is 0 Å². The number of rotatable bonds is 7.